The number of aryl methyl sites for hydroxylation is 2. The van der Waals surface area contributed by atoms with Crippen molar-refractivity contribution in [1.29, 1.82) is 5.26 Å². The van der Waals surface area contributed by atoms with E-state index in [1.54, 1.807) is 59.8 Å². The summed E-state index contributed by atoms with van der Waals surface area (Å²) in [5.74, 6) is -1.02. The number of H-pyrrole nitrogens is 1. The molecule has 4 rings (SSSR count). The molecule has 1 aliphatic carbocycles. The van der Waals surface area contributed by atoms with E-state index in [-0.39, 0.29) is 17.7 Å². The molecule has 2 amide bonds. The number of aliphatic hydroxyl groups excluding tert-OH is 1. The van der Waals surface area contributed by atoms with Crippen molar-refractivity contribution in [2.45, 2.75) is 78.6 Å². The number of ether oxygens (including phenoxy) is 1. The average molecular weight is 578 g/mol. The number of nitrogens with one attached hydrogen (secondary N) is 2. The zero-order valence-electron chi connectivity index (χ0n) is 24.6. The fourth-order valence-corrected chi connectivity index (χ4v) is 5.82. The van der Waals surface area contributed by atoms with Gasteiger partial charge in [0.2, 0.25) is 5.91 Å². The number of aromatic nitrogens is 2. The van der Waals surface area contributed by atoms with Crippen molar-refractivity contribution in [1.82, 2.24) is 20.4 Å². The summed E-state index contributed by atoms with van der Waals surface area (Å²) in [6, 6.07) is 5.91. The number of amides is 2. The van der Waals surface area contributed by atoms with Crippen LogP contribution in [0.1, 0.15) is 62.2 Å². The third-order valence-corrected chi connectivity index (χ3v) is 8.09. The minimum absolute atomic E-state index is 0.0658. The van der Waals surface area contributed by atoms with Crippen molar-refractivity contribution in [3.8, 4) is 17.6 Å². The smallest absolute Gasteiger partial charge is 0.307 e. The summed E-state index contributed by atoms with van der Waals surface area (Å²) in [5, 5.41) is 30.0. The Bertz CT molecular complexity index is 1560. The normalized spacial score (nSPS) is 24.5. The molecular weight excluding hydrogens is 541 g/mol. The van der Waals surface area contributed by atoms with Gasteiger partial charge >= 0.3 is 5.56 Å². The molecule has 42 heavy (non-hydrogen) atoms. The Morgan fingerprint density at radius 1 is 1.31 bits per heavy atom. The van der Waals surface area contributed by atoms with Crippen LogP contribution in [-0.4, -0.2) is 56.2 Å². The van der Waals surface area contributed by atoms with E-state index in [4.69, 9.17) is 4.74 Å². The summed E-state index contributed by atoms with van der Waals surface area (Å²) < 4.78 is 20.1. The number of hydrogen-bond donors (Lipinski definition) is 3. The maximum atomic E-state index is 14.4. The van der Waals surface area contributed by atoms with Crippen LogP contribution >= 0.6 is 0 Å². The van der Waals surface area contributed by atoms with Gasteiger partial charge in [0.05, 0.1) is 35.4 Å². The van der Waals surface area contributed by atoms with E-state index in [2.05, 4.69) is 21.6 Å². The highest BCUT2D eigenvalue weighted by molar-refractivity contribution is 5.98. The number of aromatic amines is 1. The van der Waals surface area contributed by atoms with Crippen molar-refractivity contribution in [2.24, 2.45) is 10.8 Å². The van der Waals surface area contributed by atoms with Gasteiger partial charge in [-0.1, -0.05) is 13.0 Å². The number of likely N-dealkylation sites (tertiary alicyclic amines) is 1. The van der Waals surface area contributed by atoms with Crippen LogP contribution in [0.5, 0.6) is 11.5 Å². The van der Waals surface area contributed by atoms with E-state index in [1.165, 1.54) is 29.2 Å². The van der Waals surface area contributed by atoms with Crippen molar-refractivity contribution < 1.29 is 23.8 Å². The van der Waals surface area contributed by atoms with Crippen LogP contribution in [0.15, 0.2) is 53.1 Å². The molecule has 1 aromatic heterocycles. The van der Waals surface area contributed by atoms with E-state index >= 15 is 0 Å². The molecule has 2 aromatic rings. The third kappa shape index (κ3) is 5.99. The maximum Gasteiger partial charge on any atom is 0.307 e. The first-order chi connectivity index (χ1) is 19.7. The van der Waals surface area contributed by atoms with Gasteiger partial charge in [0.15, 0.2) is 5.75 Å². The van der Waals surface area contributed by atoms with Crippen molar-refractivity contribution in [3.63, 3.8) is 0 Å². The Morgan fingerprint density at radius 3 is 2.67 bits per heavy atom. The molecule has 0 bridgehead atoms. The Hall–Kier alpha value is -4.30. The van der Waals surface area contributed by atoms with Gasteiger partial charge < -0.3 is 20.1 Å². The Kier molecular flexibility index (Phi) is 8.41. The highest BCUT2D eigenvalue weighted by Gasteiger charge is 2.55. The van der Waals surface area contributed by atoms with Crippen LogP contribution < -0.4 is 15.6 Å². The fraction of sp³-hybridized carbons (Fsp3) is 0.452. The van der Waals surface area contributed by atoms with Gasteiger partial charge in [-0.3, -0.25) is 14.4 Å². The van der Waals surface area contributed by atoms with Crippen LogP contribution in [0.25, 0.3) is 0 Å². The van der Waals surface area contributed by atoms with Gasteiger partial charge in [0, 0.05) is 17.0 Å². The molecule has 2 heterocycles. The Morgan fingerprint density at radius 2 is 2.02 bits per heavy atom. The quantitative estimate of drug-likeness (QED) is 0.450. The molecular formula is C31H36FN5O5. The number of benzene rings is 1. The predicted octanol–water partition coefficient (Wildman–Crippen LogP) is 4.00. The van der Waals surface area contributed by atoms with Crippen molar-refractivity contribution in [2.75, 3.05) is 0 Å². The van der Waals surface area contributed by atoms with E-state index in [9.17, 15) is 29.1 Å². The van der Waals surface area contributed by atoms with E-state index < -0.39 is 58.3 Å². The number of aliphatic hydroxyl groups is 1. The second-order valence-corrected chi connectivity index (χ2v) is 12.0. The second-order valence-electron chi connectivity index (χ2n) is 12.0. The second kappa shape index (κ2) is 11.5. The molecule has 10 nitrogen and oxygen atoms in total. The van der Waals surface area contributed by atoms with Gasteiger partial charge in [-0.25, -0.2) is 9.49 Å². The first-order valence-electron chi connectivity index (χ1n) is 13.8. The summed E-state index contributed by atoms with van der Waals surface area (Å²) in [6.45, 7) is 10.1. The molecule has 5 atom stereocenters. The lowest BCUT2D eigenvalue weighted by Crippen LogP contribution is -2.58. The maximum absolute atomic E-state index is 14.4. The Balaban J connectivity index is 1.57. The van der Waals surface area contributed by atoms with E-state index in [1.807, 2.05) is 0 Å². The lowest BCUT2D eigenvalue weighted by atomic mass is 9.74. The fourth-order valence-electron chi connectivity index (χ4n) is 5.82. The molecule has 1 unspecified atom stereocenters. The first-order valence-corrected chi connectivity index (χ1v) is 13.8. The first kappa shape index (κ1) is 30.7. The highest BCUT2D eigenvalue weighted by atomic mass is 19.1. The summed E-state index contributed by atoms with van der Waals surface area (Å²) in [4.78, 5) is 40.7. The van der Waals surface area contributed by atoms with Crippen LogP contribution in [0, 0.1) is 36.0 Å². The van der Waals surface area contributed by atoms with Gasteiger partial charge in [-0.2, -0.15) is 10.4 Å². The lowest BCUT2D eigenvalue weighted by Gasteiger charge is -2.44. The number of allylic oxidation sites excluding steroid dienone is 3. The number of hydrogen-bond acceptors (Lipinski definition) is 7. The molecule has 11 heteroatoms. The SMILES string of the molecule is Cc1cc(Oc2ccc(C(=O)N[C@H](C)C(=O)N3[C@H](C4(C)C=C(F)C=CC4)[C@H](O)C[C@@H]3C(C)(C)C#N)cc2C)c(=O)[nH]n1. The van der Waals surface area contributed by atoms with Crippen LogP contribution in [0.3, 0.4) is 0 Å². The molecule has 1 aliphatic heterocycles. The number of halogens is 1. The van der Waals surface area contributed by atoms with Gasteiger partial charge in [-0.05, 0) is 83.4 Å². The minimum Gasteiger partial charge on any atom is -0.451 e. The van der Waals surface area contributed by atoms with Gasteiger partial charge in [0.1, 0.15) is 17.6 Å². The molecule has 1 saturated heterocycles. The molecule has 1 fully saturated rings. The summed E-state index contributed by atoms with van der Waals surface area (Å²) in [6.07, 6.45) is 3.97. The van der Waals surface area contributed by atoms with Gasteiger partial charge in [-0.15, -0.1) is 0 Å². The molecule has 3 N–H and O–H groups in total. The van der Waals surface area contributed by atoms with E-state index in [0.29, 0.717) is 23.4 Å². The lowest BCUT2D eigenvalue weighted by molar-refractivity contribution is -0.140. The van der Waals surface area contributed by atoms with Crippen LogP contribution in [0.4, 0.5) is 4.39 Å². The zero-order chi connectivity index (χ0) is 31.0. The van der Waals surface area contributed by atoms with E-state index in [0.717, 1.165) is 0 Å². The van der Waals surface area contributed by atoms with Crippen molar-refractivity contribution in [3.05, 3.63) is 75.5 Å². The Labute approximate surface area is 243 Å². The highest BCUT2D eigenvalue weighted by Crippen LogP contribution is 2.47. The van der Waals surface area contributed by atoms with Gasteiger partial charge in [0.25, 0.3) is 5.91 Å². The summed E-state index contributed by atoms with van der Waals surface area (Å²) >= 11 is 0. The summed E-state index contributed by atoms with van der Waals surface area (Å²) in [5.41, 5.74) is -1.00. The van der Waals surface area contributed by atoms with Crippen LogP contribution in [-0.2, 0) is 4.79 Å². The number of nitrogens with zero attached hydrogens (tertiary/aromatic N) is 3. The molecule has 0 saturated carbocycles. The number of nitriles is 1. The molecule has 2 aliphatic rings. The third-order valence-electron chi connectivity index (χ3n) is 8.09. The average Bonchev–Trinajstić information content (AvgIpc) is 3.29. The standard InChI is InChI=1S/C31H36FN5O5/c1-17-12-20(9-10-23(17)42-24-13-18(2)35-36-28(24)40)27(39)34-19(3)29(41)37-25(30(4,5)16-33)14-22(38)26(37)31(6)11-7-8-21(32)15-31/h7-10,12-13,15,19,22,25-26,38H,11,14H2,1-6H3,(H,34,39)(H,36,40)/t19-,22-,25-,26+,31?/m1/s1. The number of rotatable bonds is 7. The van der Waals surface area contributed by atoms with Crippen molar-refractivity contribution >= 4 is 11.8 Å². The molecule has 0 spiro atoms. The predicted molar refractivity (Wildman–Crippen MR) is 153 cm³/mol. The number of carbonyl (C=O) groups is 2. The monoisotopic (exact) mass is 577 g/mol. The summed E-state index contributed by atoms with van der Waals surface area (Å²) in [7, 11) is 0. The molecule has 222 valence electrons. The zero-order valence-corrected chi connectivity index (χ0v) is 24.6. The topological polar surface area (TPSA) is 148 Å². The minimum atomic E-state index is -1.02. The number of carbonyl (C=O) groups excluding carboxylic acids is 2. The molecule has 0 radical (unpaired) electrons. The molecule has 1 aromatic carbocycles. The largest absolute Gasteiger partial charge is 0.451 e. The van der Waals surface area contributed by atoms with Crippen LogP contribution in [0.2, 0.25) is 0 Å².